The van der Waals surface area contributed by atoms with Crippen LogP contribution in [0, 0.1) is 0 Å². The van der Waals surface area contributed by atoms with Gasteiger partial charge in [0.2, 0.25) is 0 Å². The van der Waals surface area contributed by atoms with Crippen LogP contribution in [-0.4, -0.2) is 0 Å². The summed E-state index contributed by atoms with van der Waals surface area (Å²) in [5.41, 5.74) is 0. The van der Waals surface area contributed by atoms with Crippen molar-refractivity contribution in [2.45, 2.75) is 0 Å². The van der Waals surface area contributed by atoms with Crippen LogP contribution in [0.2, 0.25) is 0 Å². The maximum atomic E-state index is 8.77. The van der Waals surface area contributed by atoms with Gasteiger partial charge in [-0.15, -0.1) is 0 Å². The Balaban J connectivity index is 0. The van der Waals surface area contributed by atoms with Crippen molar-refractivity contribution >= 4 is 20.6 Å². The molecule has 0 rings (SSSR count). The van der Waals surface area contributed by atoms with Crippen molar-refractivity contribution in [1.29, 1.82) is 0 Å². The van der Waals surface area contributed by atoms with Crippen LogP contribution in [0.3, 0.4) is 0 Å². The molecule has 0 bridgehead atoms. The normalized spacial score (nSPS) is 6.80. The molecule has 0 aromatic heterocycles. The van der Waals surface area contributed by atoms with E-state index in [0.29, 0.717) is 0 Å². The number of hydrogen-bond donors (Lipinski definition) is 0. The maximum Gasteiger partial charge on any atom is 0.0109 e. The molecule has 5 heteroatoms. The van der Waals surface area contributed by atoms with E-state index in [4.69, 9.17) is 8.42 Å². The number of hydrogen-bond acceptors (Lipinski definition) is 3. The molecule has 0 spiro atoms. The van der Waals surface area contributed by atoms with Crippen molar-refractivity contribution in [2.75, 3.05) is 0 Å². The molecule has 0 aliphatic carbocycles. The van der Waals surface area contributed by atoms with E-state index in [0.717, 1.165) is 0 Å². The van der Waals surface area contributed by atoms with Gasteiger partial charge in [0, 0.05) is 27.3 Å². The summed E-state index contributed by atoms with van der Waals surface area (Å²) in [7, 11) is 1.80. The molecule has 0 aromatic carbocycles. The van der Waals surface area contributed by atoms with E-state index in [1.165, 1.54) is 0 Å². The minimum atomic E-state index is -2.39. The molecule has 0 aliphatic heterocycles. The Kier molecular flexibility index (Phi) is 8.82. The topological polar surface area (TPSA) is 34.1 Å². The van der Waals surface area contributed by atoms with Gasteiger partial charge in [-0.25, -0.2) is 0 Å². The molecule has 0 saturated carbocycles. The Hall–Kier alpha value is 0.772. The first-order chi connectivity index (χ1) is 1.73. The van der Waals surface area contributed by atoms with E-state index >= 15 is 0 Å². The zero-order valence-corrected chi connectivity index (χ0v) is 4.86. The molecule has 0 unspecified atom stereocenters. The van der Waals surface area contributed by atoms with Crippen molar-refractivity contribution in [1.82, 2.24) is 0 Å². The van der Waals surface area contributed by atoms with Crippen LogP contribution in [0.1, 0.15) is 0 Å². The molecule has 2 nitrogen and oxygen atoms in total. The second kappa shape index (κ2) is 4.77. The van der Waals surface area contributed by atoms with Gasteiger partial charge in [0.1, 0.15) is 0 Å². The molecule has 0 atom stereocenters. The quantitative estimate of drug-likeness (QED) is 0.372. The van der Waals surface area contributed by atoms with Crippen molar-refractivity contribution in [3.63, 3.8) is 0 Å². The molecule has 0 radical (unpaired) electrons. The molecular weight excluding hydrogens is 152 g/mol. The maximum absolute atomic E-state index is 8.77. The van der Waals surface area contributed by atoms with E-state index in [1.54, 1.807) is 0 Å². The largest absolute Gasteiger partial charge is 0.409 e. The predicted molar refractivity (Wildman–Crippen MR) is 14.6 cm³/mol. The first kappa shape index (κ1) is 9.24. The Labute approximate surface area is 46.7 Å². The van der Waals surface area contributed by atoms with Gasteiger partial charge >= 0.3 is 0 Å². The second-order valence-electron chi connectivity index (χ2n) is 0.194. The van der Waals surface area contributed by atoms with Crippen molar-refractivity contribution in [3.8, 4) is 0 Å². The monoisotopic (exact) mass is 151 g/mol. The fourth-order valence-electron chi connectivity index (χ4n) is 0. The van der Waals surface area contributed by atoms with Crippen molar-refractivity contribution in [2.24, 2.45) is 0 Å². The molecule has 0 aliphatic rings. The van der Waals surface area contributed by atoms with Crippen LogP contribution in [0.15, 0.2) is 0 Å². The standard InChI is InChI=1S/ClO2S.Cr/c1-4(2)3;/q-1;. The van der Waals surface area contributed by atoms with Gasteiger partial charge in [0.05, 0.1) is 0 Å². The third kappa shape index (κ3) is 61.5. The van der Waals surface area contributed by atoms with Crippen LogP contribution in [-0.2, 0) is 35.7 Å². The van der Waals surface area contributed by atoms with Gasteiger partial charge < -0.3 is 8.42 Å². The van der Waals surface area contributed by atoms with E-state index in [2.05, 4.69) is 10.7 Å². The van der Waals surface area contributed by atoms with E-state index in [1.807, 2.05) is 0 Å². The summed E-state index contributed by atoms with van der Waals surface area (Å²) in [6, 6.07) is 0. The molecule has 0 saturated heterocycles. The second-order valence-corrected chi connectivity index (χ2v) is 1.34. The molecule has 0 heterocycles. The van der Waals surface area contributed by atoms with Gasteiger partial charge in [-0.1, -0.05) is 0 Å². The van der Waals surface area contributed by atoms with Gasteiger partial charge in [0.25, 0.3) is 0 Å². The Morgan fingerprint density at radius 3 is 1.40 bits per heavy atom. The SMILES string of the molecule is O=[S-](=O)Cl.[Cr]. The summed E-state index contributed by atoms with van der Waals surface area (Å²) in [6.07, 6.45) is 0. The Morgan fingerprint density at radius 1 is 1.40 bits per heavy atom. The zero-order chi connectivity index (χ0) is 3.58. The minimum absolute atomic E-state index is 0. The molecule has 5 heavy (non-hydrogen) atoms. The van der Waals surface area contributed by atoms with Crippen LogP contribution in [0.5, 0.6) is 0 Å². The van der Waals surface area contributed by atoms with Crippen LogP contribution in [0.25, 0.3) is 0 Å². The fraction of sp³-hybridized carbons (Fsp3) is 0. The van der Waals surface area contributed by atoms with Crippen molar-refractivity contribution in [3.05, 3.63) is 0 Å². The fourth-order valence-corrected chi connectivity index (χ4v) is 0. The summed E-state index contributed by atoms with van der Waals surface area (Å²) in [5, 5.41) is 0. The zero-order valence-electron chi connectivity index (χ0n) is 2.01. The molecular formula is ClCrO2S-. The van der Waals surface area contributed by atoms with Crippen LogP contribution < -0.4 is 0 Å². The van der Waals surface area contributed by atoms with Crippen LogP contribution >= 0.6 is 10.7 Å². The molecule has 0 amide bonds. The number of rotatable bonds is 0. The summed E-state index contributed by atoms with van der Waals surface area (Å²) in [6.45, 7) is 0. The Bertz CT molecular complexity index is 58.0. The summed E-state index contributed by atoms with van der Waals surface area (Å²) in [4.78, 5) is 0. The average Bonchev–Trinajstić information content (AvgIpc) is 0.811. The molecule has 32 valence electrons. The van der Waals surface area contributed by atoms with E-state index < -0.39 is 9.92 Å². The average molecular weight is 152 g/mol. The third-order valence-electron chi connectivity index (χ3n) is 0. The van der Waals surface area contributed by atoms with E-state index in [-0.39, 0.29) is 17.4 Å². The van der Waals surface area contributed by atoms with Gasteiger partial charge in [-0.3, -0.25) is 0 Å². The summed E-state index contributed by atoms with van der Waals surface area (Å²) >= 11 is 0. The van der Waals surface area contributed by atoms with Crippen molar-refractivity contribution < 1.29 is 25.8 Å². The molecule has 0 fully saturated rings. The van der Waals surface area contributed by atoms with E-state index in [9.17, 15) is 0 Å². The van der Waals surface area contributed by atoms with Gasteiger partial charge in [0.15, 0.2) is 0 Å². The first-order valence-electron chi connectivity index (χ1n) is 0.488. The molecule has 0 aromatic rings. The van der Waals surface area contributed by atoms with Crippen LogP contribution in [0.4, 0.5) is 0 Å². The Morgan fingerprint density at radius 2 is 1.40 bits per heavy atom. The smallest absolute Gasteiger partial charge is 0.0109 e. The third-order valence-corrected chi connectivity index (χ3v) is 0. The summed E-state index contributed by atoms with van der Waals surface area (Å²) < 4.78 is 17.5. The predicted octanol–water partition coefficient (Wildman–Crippen LogP) is 0.447. The minimum Gasteiger partial charge on any atom is -0.409 e. The number of halogens is 1. The first-order valence-corrected chi connectivity index (χ1v) is 2.39. The van der Waals surface area contributed by atoms with Gasteiger partial charge in [-0.05, 0) is 0 Å². The molecule has 0 N–H and O–H groups in total. The van der Waals surface area contributed by atoms with Gasteiger partial charge in [-0.2, -0.15) is 10.7 Å². The summed E-state index contributed by atoms with van der Waals surface area (Å²) in [5.74, 6) is 0.